The smallest absolute Gasteiger partial charge is 0.165 e. The van der Waals surface area contributed by atoms with Crippen molar-refractivity contribution in [1.82, 2.24) is 4.90 Å². The maximum Gasteiger partial charge on any atom is 0.165 e. The molecule has 2 heterocycles. The fraction of sp³-hybridized carbons (Fsp3) is 0.529. The van der Waals surface area contributed by atoms with Gasteiger partial charge in [-0.1, -0.05) is 18.2 Å². The summed E-state index contributed by atoms with van der Waals surface area (Å²) in [4.78, 5) is 2.35. The van der Waals surface area contributed by atoms with E-state index in [9.17, 15) is 10.2 Å². The summed E-state index contributed by atoms with van der Waals surface area (Å²) in [6.45, 7) is 1.96. The summed E-state index contributed by atoms with van der Waals surface area (Å²) in [7, 11) is 2.14. The number of nitrogens with zero attached hydrogens (tertiary/aromatic N) is 1. The summed E-state index contributed by atoms with van der Waals surface area (Å²) in [5.74, 6) is 1.77. The van der Waals surface area contributed by atoms with E-state index in [1.807, 2.05) is 12.1 Å². The number of rotatable bonds is 0. The number of aromatic hydroxyl groups is 1. The van der Waals surface area contributed by atoms with Crippen LogP contribution in [-0.2, 0) is 11.8 Å². The predicted molar refractivity (Wildman–Crippen MR) is 77.5 cm³/mol. The molecule has 0 unspecified atom stereocenters. The number of hydrogen-bond acceptors (Lipinski definition) is 4. The quantitative estimate of drug-likeness (QED) is 0.700. The van der Waals surface area contributed by atoms with E-state index in [1.54, 1.807) is 6.07 Å². The molecule has 4 aliphatic rings. The average molecular weight is 285 g/mol. The minimum atomic E-state index is -0.605. The maximum absolute atomic E-state index is 10.5. The number of phenolic OH excluding ortho intramolecular Hbond substituents is 1. The zero-order chi connectivity index (χ0) is 14.4. The van der Waals surface area contributed by atoms with Crippen molar-refractivity contribution in [2.45, 2.75) is 24.0 Å². The highest BCUT2D eigenvalue weighted by atomic mass is 16.5. The van der Waals surface area contributed by atoms with Crippen LogP contribution in [0.1, 0.15) is 11.1 Å². The van der Waals surface area contributed by atoms with Gasteiger partial charge in [0, 0.05) is 18.7 Å². The monoisotopic (exact) mass is 285 g/mol. The largest absolute Gasteiger partial charge is 0.504 e. The molecule has 21 heavy (non-hydrogen) atoms. The van der Waals surface area contributed by atoms with Crippen molar-refractivity contribution in [1.29, 1.82) is 0 Å². The van der Waals surface area contributed by atoms with Crippen LogP contribution in [0, 0.1) is 11.8 Å². The number of ether oxygens (including phenoxy) is 1. The van der Waals surface area contributed by atoms with Crippen LogP contribution < -0.4 is 4.74 Å². The summed E-state index contributed by atoms with van der Waals surface area (Å²) < 4.78 is 6.09. The van der Waals surface area contributed by atoms with E-state index in [2.05, 4.69) is 18.0 Å². The van der Waals surface area contributed by atoms with E-state index in [4.69, 9.17) is 4.74 Å². The summed E-state index contributed by atoms with van der Waals surface area (Å²) in [5, 5.41) is 20.7. The highest BCUT2D eigenvalue weighted by Crippen LogP contribution is 2.61. The molecule has 1 aromatic carbocycles. The van der Waals surface area contributed by atoms with Gasteiger partial charge >= 0.3 is 0 Å². The molecule has 4 nitrogen and oxygen atoms in total. The van der Waals surface area contributed by atoms with Crippen LogP contribution in [0.2, 0.25) is 0 Å². The first-order valence-corrected chi connectivity index (χ1v) is 7.68. The van der Waals surface area contributed by atoms with Crippen molar-refractivity contribution in [3.05, 3.63) is 35.4 Å². The Morgan fingerprint density at radius 2 is 2.19 bits per heavy atom. The third kappa shape index (κ3) is 1.25. The first kappa shape index (κ1) is 12.1. The molecule has 1 aromatic rings. The third-order valence-electron chi connectivity index (χ3n) is 5.93. The van der Waals surface area contributed by atoms with Crippen molar-refractivity contribution in [2.75, 3.05) is 20.1 Å². The molecule has 0 radical (unpaired) electrons. The lowest BCUT2D eigenvalue weighted by Gasteiger charge is -2.55. The molecule has 2 aliphatic heterocycles. The van der Waals surface area contributed by atoms with Gasteiger partial charge in [0.25, 0.3) is 0 Å². The van der Waals surface area contributed by atoms with E-state index >= 15 is 0 Å². The summed E-state index contributed by atoms with van der Waals surface area (Å²) in [6.07, 6.45) is 4.23. The molecule has 2 aliphatic carbocycles. The van der Waals surface area contributed by atoms with Crippen LogP contribution in [0.5, 0.6) is 11.5 Å². The highest BCUT2D eigenvalue weighted by molar-refractivity contribution is 5.61. The molecule has 0 aromatic heterocycles. The molecule has 1 fully saturated rings. The zero-order valence-corrected chi connectivity index (χ0v) is 12.0. The molecule has 2 N–H and O–H groups in total. The maximum atomic E-state index is 10.5. The molecule has 4 heteroatoms. The van der Waals surface area contributed by atoms with Gasteiger partial charge in [-0.3, -0.25) is 0 Å². The predicted octanol–water partition coefficient (Wildman–Crippen LogP) is 1.06. The Balaban J connectivity index is 1.85. The number of aliphatic hydroxyl groups is 1. The third-order valence-corrected chi connectivity index (χ3v) is 5.93. The van der Waals surface area contributed by atoms with E-state index < -0.39 is 6.10 Å². The van der Waals surface area contributed by atoms with E-state index in [0.717, 1.165) is 25.1 Å². The highest BCUT2D eigenvalue weighted by Gasteiger charge is 2.64. The second-order valence-corrected chi connectivity index (χ2v) is 7.09. The van der Waals surface area contributed by atoms with E-state index in [1.165, 1.54) is 5.56 Å². The number of likely N-dealkylation sites (tertiary alicyclic amines) is 1. The van der Waals surface area contributed by atoms with Crippen molar-refractivity contribution in [3.8, 4) is 11.5 Å². The summed E-state index contributed by atoms with van der Waals surface area (Å²) >= 11 is 0. The number of benzene rings is 1. The number of hydrogen-bond donors (Lipinski definition) is 2. The molecule has 5 rings (SSSR count). The first-order valence-electron chi connectivity index (χ1n) is 7.68. The van der Waals surface area contributed by atoms with Gasteiger partial charge < -0.3 is 19.8 Å². The van der Waals surface area contributed by atoms with E-state index in [-0.39, 0.29) is 17.3 Å². The van der Waals surface area contributed by atoms with Crippen molar-refractivity contribution in [3.63, 3.8) is 0 Å². The van der Waals surface area contributed by atoms with Gasteiger partial charge in [-0.05, 0) is 36.9 Å². The Labute approximate surface area is 123 Å². The molecular weight excluding hydrogens is 266 g/mol. The average Bonchev–Trinajstić information content (AvgIpc) is 2.77. The van der Waals surface area contributed by atoms with Crippen molar-refractivity contribution in [2.24, 2.45) is 11.8 Å². The van der Waals surface area contributed by atoms with Gasteiger partial charge in [-0.15, -0.1) is 0 Å². The minimum Gasteiger partial charge on any atom is -0.504 e. The lowest BCUT2D eigenvalue weighted by atomic mass is 9.53. The van der Waals surface area contributed by atoms with Gasteiger partial charge in [-0.2, -0.15) is 0 Å². The molecule has 1 spiro atoms. The van der Waals surface area contributed by atoms with E-state index in [0.29, 0.717) is 17.6 Å². The van der Waals surface area contributed by atoms with Crippen LogP contribution in [0.15, 0.2) is 24.3 Å². The Morgan fingerprint density at radius 3 is 3.05 bits per heavy atom. The molecule has 5 atom stereocenters. The fourth-order valence-electron chi connectivity index (χ4n) is 5.37. The molecule has 1 saturated heterocycles. The van der Waals surface area contributed by atoms with Crippen molar-refractivity contribution < 1.29 is 14.9 Å². The topological polar surface area (TPSA) is 52.9 Å². The van der Waals surface area contributed by atoms with Gasteiger partial charge in [0.2, 0.25) is 0 Å². The van der Waals surface area contributed by atoms with Crippen LogP contribution >= 0.6 is 0 Å². The second kappa shape index (κ2) is 3.62. The lowest BCUT2D eigenvalue weighted by molar-refractivity contribution is -0.0469. The normalized spacial score (nSPS) is 42.6. The molecule has 2 bridgehead atoms. The standard InChI is InChI=1S/C17H19NO3/c1-18-7-10-6-9-2-4-12(19)15-14(9)17(8-18)11(10)3-5-13(20)16(17)21-15/h2-5,10-11,13,16,19-20H,6-8H2,1H3/t10-,11+,13+,16-,17-/m0/s1. The Kier molecular flexibility index (Phi) is 2.08. The van der Waals surface area contributed by atoms with Crippen LogP contribution in [0.4, 0.5) is 0 Å². The Bertz CT molecular complexity index is 670. The van der Waals surface area contributed by atoms with Gasteiger partial charge in [0.15, 0.2) is 11.5 Å². The van der Waals surface area contributed by atoms with Gasteiger partial charge in [0.1, 0.15) is 12.2 Å². The molecular formula is C17H19NO3. The number of piperidine rings is 1. The number of phenols is 1. The molecule has 0 saturated carbocycles. The number of aliphatic hydroxyl groups excluding tert-OH is 1. The van der Waals surface area contributed by atoms with Crippen molar-refractivity contribution >= 4 is 0 Å². The lowest BCUT2D eigenvalue weighted by Crippen LogP contribution is -2.65. The molecule has 0 amide bonds. The first-order chi connectivity index (χ1) is 10.1. The molecule has 110 valence electrons. The summed E-state index contributed by atoms with van der Waals surface area (Å²) in [6, 6.07) is 3.78. The zero-order valence-electron chi connectivity index (χ0n) is 12.0. The van der Waals surface area contributed by atoms with Gasteiger partial charge in [-0.25, -0.2) is 0 Å². The number of likely N-dealkylation sites (N-methyl/N-ethyl adjacent to an activating group) is 1. The van der Waals surface area contributed by atoms with Gasteiger partial charge in [0.05, 0.1) is 5.41 Å². The minimum absolute atomic E-state index is 0.201. The fourth-order valence-corrected chi connectivity index (χ4v) is 5.37. The van der Waals surface area contributed by atoms with Crippen LogP contribution in [0.3, 0.4) is 0 Å². The second-order valence-electron chi connectivity index (χ2n) is 7.09. The SMILES string of the molecule is CN1C[C@@H]2Cc3ccc(O)c4c3[C@]3(C1)[C@@H]2C=C[C@@H](O)[C@@H]3O4. The summed E-state index contributed by atoms with van der Waals surface area (Å²) in [5.41, 5.74) is 2.25. The Morgan fingerprint density at radius 1 is 1.33 bits per heavy atom. The number of allylic oxidation sites excluding steroid dienone is 1. The van der Waals surface area contributed by atoms with Crippen LogP contribution in [0.25, 0.3) is 0 Å². The van der Waals surface area contributed by atoms with Crippen LogP contribution in [-0.4, -0.2) is 47.5 Å². The Hall–Kier alpha value is -1.52.